The van der Waals surface area contributed by atoms with E-state index in [1.54, 1.807) is 6.92 Å². The second-order valence-electron chi connectivity index (χ2n) is 4.32. The maximum atomic E-state index is 13.4. The predicted molar refractivity (Wildman–Crippen MR) is 80.8 cm³/mol. The van der Waals surface area contributed by atoms with Gasteiger partial charge in [-0.2, -0.15) is 5.26 Å². The first-order chi connectivity index (χ1) is 9.83. The summed E-state index contributed by atoms with van der Waals surface area (Å²) < 4.78 is 40.4. The SMILES string of the molecule is Cc1cc(S(=O)(=O)Nc2ccc(Br)c(F)c2)ccc1C#N. The van der Waals surface area contributed by atoms with Crippen LogP contribution < -0.4 is 4.72 Å². The quantitative estimate of drug-likeness (QED) is 0.899. The number of halogens is 2. The van der Waals surface area contributed by atoms with Crippen molar-refractivity contribution in [3.8, 4) is 6.07 Å². The predicted octanol–water partition coefficient (Wildman–Crippen LogP) is 3.57. The molecule has 0 fully saturated rings. The Kier molecular flexibility index (Phi) is 4.30. The molecule has 1 N–H and O–H groups in total. The standard InChI is InChI=1S/C14H10BrFN2O2S/c1-9-6-12(4-2-10(9)8-17)21(19,20)18-11-3-5-13(15)14(16)7-11/h2-7,18H,1H3. The van der Waals surface area contributed by atoms with Gasteiger partial charge in [0.05, 0.1) is 26.7 Å². The lowest BCUT2D eigenvalue weighted by atomic mass is 10.1. The van der Waals surface area contributed by atoms with E-state index >= 15 is 0 Å². The number of aryl methyl sites for hydroxylation is 1. The Morgan fingerprint density at radius 1 is 1.24 bits per heavy atom. The number of rotatable bonds is 3. The molecule has 7 heteroatoms. The van der Waals surface area contributed by atoms with Crippen LogP contribution in [0.1, 0.15) is 11.1 Å². The Morgan fingerprint density at radius 3 is 2.52 bits per heavy atom. The molecular formula is C14H10BrFN2O2S. The minimum Gasteiger partial charge on any atom is -0.280 e. The van der Waals surface area contributed by atoms with E-state index in [-0.39, 0.29) is 15.1 Å². The molecule has 4 nitrogen and oxygen atoms in total. The number of nitrogens with one attached hydrogen (secondary N) is 1. The summed E-state index contributed by atoms with van der Waals surface area (Å²) in [5, 5.41) is 8.84. The highest BCUT2D eigenvalue weighted by Crippen LogP contribution is 2.22. The number of benzene rings is 2. The molecule has 0 heterocycles. The van der Waals surface area contributed by atoms with Crippen LogP contribution in [0.2, 0.25) is 0 Å². The van der Waals surface area contributed by atoms with Crippen LogP contribution in [0, 0.1) is 24.1 Å². The molecule has 0 saturated carbocycles. The third-order valence-corrected chi connectivity index (χ3v) is 4.82. The van der Waals surface area contributed by atoms with Crippen LogP contribution in [-0.4, -0.2) is 8.42 Å². The lowest BCUT2D eigenvalue weighted by Gasteiger charge is -2.09. The first-order valence-electron chi connectivity index (χ1n) is 5.82. The molecule has 0 aromatic heterocycles. The summed E-state index contributed by atoms with van der Waals surface area (Å²) in [5.41, 5.74) is 1.09. The fourth-order valence-corrected chi connectivity index (χ4v) is 3.08. The average molecular weight is 369 g/mol. The molecule has 0 aliphatic rings. The highest BCUT2D eigenvalue weighted by molar-refractivity contribution is 9.10. The molecule has 2 aromatic carbocycles. The van der Waals surface area contributed by atoms with Crippen molar-refractivity contribution in [1.29, 1.82) is 5.26 Å². The summed E-state index contributed by atoms with van der Waals surface area (Å²) in [5.74, 6) is -0.564. The summed E-state index contributed by atoms with van der Waals surface area (Å²) in [6.07, 6.45) is 0. The average Bonchev–Trinajstić information content (AvgIpc) is 2.42. The third kappa shape index (κ3) is 3.40. The van der Waals surface area contributed by atoms with Gasteiger partial charge in [0.2, 0.25) is 0 Å². The number of hydrogen-bond acceptors (Lipinski definition) is 3. The lowest BCUT2D eigenvalue weighted by Crippen LogP contribution is -2.13. The fourth-order valence-electron chi connectivity index (χ4n) is 1.70. The van der Waals surface area contributed by atoms with Gasteiger partial charge in [0, 0.05) is 0 Å². The second kappa shape index (κ2) is 5.84. The van der Waals surface area contributed by atoms with Crippen molar-refractivity contribution in [3.63, 3.8) is 0 Å². The number of nitriles is 1. The molecule has 0 atom stereocenters. The molecular weight excluding hydrogens is 359 g/mol. The Hall–Kier alpha value is -1.91. The monoisotopic (exact) mass is 368 g/mol. The molecule has 0 unspecified atom stereocenters. The molecule has 0 radical (unpaired) electrons. The lowest BCUT2D eigenvalue weighted by molar-refractivity contribution is 0.601. The van der Waals surface area contributed by atoms with E-state index in [4.69, 9.17) is 5.26 Å². The molecule has 0 saturated heterocycles. The highest BCUT2D eigenvalue weighted by atomic mass is 79.9. The van der Waals surface area contributed by atoms with E-state index in [2.05, 4.69) is 20.7 Å². The van der Waals surface area contributed by atoms with Gasteiger partial charge in [0.1, 0.15) is 5.82 Å². The summed E-state index contributed by atoms with van der Waals surface area (Å²) >= 11 is 3.00. The van der Waals surface area contributed by atoms with Crippen LogP contribution in [-0.2, 0) is 10.0 Å². The Balaban J connectivity index is 2.36. The fraction of sp³-hybridized carbons (Fsp3) is 0.0714. The molecule has 21 heavy (non-hydrogen) atoms. The van der Waals surface area contributed by atoms with Gasteiger partial charge < -0.3 is 0 Å². The van der Waals surface area contributed by atoms with Crippen molar-refractivity contribution in [3.05, 3.63) is 57.8 Å². The largest absolute Gasteiger partial charge is 0.280 e. The Morgan fingerprint density at radius 2 is 1.95 bits per heavy atom. The van der Waals surface area contributed by atoms with E-state index in [1.165, 1.54) is 30.3 Å². The van der Waals surface area contributed by atoms with Crippen molar-refractivity contribution in [2.75, 3.05) is 4.72 Å². The first-order valence-corrected chi connectivity index (χ1v) is 8.10. The summed E-state index contributed by atoms with van der Waals surface area (Å²) in [7, 11) is -3.83. The maximum Gasteiger partial charge on any atom is 0.261 e. The molecule has 0 spiro atoms. The molecule has 2 aromatic rings. The van der Waals surface area contributed by atoms with Crippen molar-refractivity contribution in [2.45, 2.75) is 11.8 Å². The summed E-state index contributed by atoms with van der Waals surface area (Å²) in [6.45, 7) is 1.65. The number of nitrogens with zero attached hydrogens (tertiary/aromatic N) is 1. The molecule has 2 rings (SSSR count). The van der Waals surface area contributed by atoms with Gasteiger partial charge in [-0.05, 0) is 64.8 Å². The van der Waals surface area contributed by atoms with E-state index < -0.39 is 15.8 Å². The number of anilines is 1. The third-order valence-electron chi connectivity index (χ3n) is 2.80. The van der Waals surface area contributed by atoms with Crippen LogP contribution >= 0.6 is 15.9 Å². The van der Waals surface area contributed by atoms with Crippen LogP contribution in [0.5, 0.6) is 0 Å². The zero-order valence-corrected chi connectivity index (χ0v) is 13.3. The maximum absolute atomic E-state index is 13.4. The van der Waals surface area contributed by atoms with Crippen LogP contribution in [0.25, 0.3) is 0 Å². The molecule has 0 bridgehead atoms. The molecule has 108 valence electrons. The van der Waals surface area contributed by atoms with E-state index in [0.717, 1.165) is 6.07 Å². The van der Waals surface area contributed by atoms with Crippen molar-refractivity contribution >= 4 is 31.6 Å². The Labute approximate surface area is 130 Å². The van der Waals surface area contributed by atoms with Crippen LogP contribution in [0.3, 0.4) is 0 Å². The zero-order chi connectivity index (χ0) is 15.6. The van der Waals surface area contributed by atoms with Crippen LogP contribution in [0.15, 0.2) is 45.8 Å². The van der Waals surface area contributed by atoms with Gasteiger partial charge in [0.15, 0.2) is 0 Å². The van der Waals surface area contributed by atoms with Crippen molar-refractivity contribution < 1.29 is 12.8 Å². The van der Waals surface area contributed by atoms with E-state index in [9.17, 15) is 12.8 Å². The Bertz CT molecular complexity index is 845. The minimum atomic E-state index is -3.83. The van der Waals surface area contributed by atoms with Gasteiger partial charge in [-0.1, -0.05) is 0 Å². The number of hydrogen-bond donors (Lipinski definition) is 1. The van der Waals surface area contributed by atoms with Gasteiger partial charge in [0.25, 0.3) is 10.0 Å². The van der Waals surface area contributed by atoms with Gasteiger partial charge >= 0.3 is 0 Å². The van der Waals surface area contributed by atoms with Gasteiger partial charge in [-0.15, -0.1) is 0 Å². The van der Waals surface area contributed by atoms with Crippen molar-refractivity contribution in [2.24, 2.45) is 0 Å². The topological polar surface area (TPSA) is 70.0 Å². The molecule has 0 aliphatic carbocycles. The van der Waals surface area contributed by atoms with Crippen molar-refractivity contribution in [1.82, 2.24) is 0 Å². The molecule has 0 aliphatic heterocycles. The van der Waals surface area contributed by atoms with E-state index in [0.29, 0.717) is 11.1 Å². The highest BCUT2D eigenvalue weighted by Gasteiger charge is 2.16. The first kappa shape index (κ1) is 15.5. The van der Waals surface area contributed by atoms with Crippen LogP contribution in [0.4, 0.5) is 10.1 Å². The normalized spacial score (nSPS) is 11.0. The van der Waals surface area contributed by atoms with Gasteiger partial charge in [-0.3, -0.25) is 4.72 Å². The summed E-state index contributed by atoms with van der Waals surface area (Å²) in [6, 6.07) is 10.1. The zero-order valence-electron chi connectivity index (χ0n) is 10.9. The number of sulfonamides is 1. The second-order valence-corrected chi connectivity index (χ2v) is 6.86. The van der Waals surface area contributed by atoms with Gasteiger partial charge in [-0.25, -0.2) is 12.8 Å². The molecule has 0 amide bonds. The summed E-state index contributed by atoms with van der Waals surface area (Å²) in [4.78, 5) is 0.0160. The van der Waals surface area contributed by atoms with E-state index in [1.807, 2.05) is 6.07 Å². The smallest absolute Gasteiger partial charge is 0.261 e. The minimum absolute atomic E-state index is 0.0160.